The van der Waals surface area contributed by atoms with Gasteiger partial charge in [-0.15, -0.1) is 0 Å². The van der Waals surface area contributed by atoms with Gasteiger partial charge in [0.25, 0.3) is 0 Å². The molecular weight excluding hydrogens is 1010 g/mol. The highest BCUT2D eigenvalue weighted by atomic mass is 16.5. The Bertz CT molecular complexity index is 4780. The summed E-state index contributed by atoms with van der Waals surface area (Å²) in [6.45, 7) is 0. The molecule has 8 heterocycles. The van der Waals surface area contributed by atoms with Gasteiger partial charge in [0.2, 0.25) is 0 Å². The van der Waals surface area contributed by atoms with Crippen LogP contribution in [0, 0.1) is 0 Å². The molecule has 0 saturated heterocycles. The third-order valence-electron chi connectivity index (χ3n) is 15.8. The number of anilines is 6. The number of para-hydroxylation sites is 8. The molecule has 82 heavy (non-hydrogen) atoms. The van der Waals surface area contributed by atoms with Gasteiger partial charge in [0.1, 0.15) is 34.0 Å². The SMILES string of the molecule is Cn1c(-c2c(-c3ccc(N4c5ccccc5Oc5ccccc54)cc3)c(-c3ccccc3)c(-c3nc4cccnc4n3C)c(-c3nc4cccnc4n3C)c2-c2ccc(N3c4ccccc4Oc4ccccc43)cc2)nc2cccnc21. The monoisotopic (exact) mass is 1060 g/mol. The first-order valence-corrected chi connectivity index (χ1v) is 27.1. The number of fused-ring (bicyclic) bond motifs is 7. The maximum atomic E-state index is 6.50. The highest BCUT2D eigenvalue weighted by Gasteiger charge is 2.36. The maximum Gasteiger partial charge on any atom is 0.159 e. The minimum absolute atomic E-state index is 0.695. The standard InChI is InChI=1S/C69H47N11O2/c1-76-64-47(20-15-39-70-64)73-67(76)61-59(43-31-35-45(36-32-43)79-50-23-7-11-27-54(50)81-55-28-12-8-24-51(55)79)58(42-18-5-4-6-19-42)62(68-74-48-21-16-40-71-65(48)77(68)2)63(69-75-49-22-17-41-72-66(49)78(69)3)60(61)44-33-37-46(38-34-44)80-52-25-9-13-29-56(52)82-57-30-14-10-26-53(57)80/h4-41H,1-3H3. The largest absolute Gasteiger partial charge is 0.453 e. The summed E-state index contributed by atoms with van der Waals surface area (Å²) in [7, 11) is 6.16. The van der Waals surface area contributed by atoms with Crippen molar-refractivity contribution < 1.29 is 9.47 Å². The fourth-order valence-electron chi connectivity index (χ4n) is 12.2. The van der Waals surface area contributed by atoms with Crippen LogP contribution in [-0.4, -0.2) is 43.6 Å². The lowest BCUT2D eigenvalue weighted by molar-refractivity contribution is 0.477. The summed E-state index contributed by atoms with van der Waals surface area (Å²) in [6, 6.07) is 73.0. The Hall–Kier alpha value is -11.2. The Morgan fingerprint density at radius 3 is 0.915 bits per heavy atom. The smallest absolute Gasteiger partial charge is 0.159 e. The Balaban J connectivity index is 1.07. The van der Waals surface area contributed by atoms with Crippen molar-refractivity contribution in [2.75, 3.05) is 9.80 Å². The molecule has 16 rings (SSSR count). The van der Waals surface area contributed by atoms with Crippen LogP contribution < -0.4 is 19.3 Å². The summed E-state index contributed by atoms with van der Waals surface area (Å²) in [5.74, 6) is 5.23. The second kappa shape index (κ2) is 18.5. The predicted octanol–water partition coefficient (Wildman–Crippen LogP) is 16.7. The lowest BCUT2D eigenvalue weighted by Gasteiger charge is -2.33. The number of imidazole rings is 3. The van der Waals surface area contributed by atoms with E-state index in [2.05, 4.69) is 153 Å². The molecule has 0 N–H and O–H groups in total. The molecule has 0 atom stereocenters. The van der Waals surface area contributed by atoms with Gasteiger partial charge in [-0.2, -0.15) is 0 Å². The van der Waals surface area contributed by atoms with Crippen molar-refractivity contribution in [1.29, 1.82) is 0 Å². The summed E-state index contributed by atoms with van der Waals surface area (Å²) >= 11 is 0. The summed E-state index contributed by atoms with van der Waals surface area (Å²) in [6.07, 6.45) is 5.47. The van der Waals surface area contributed by atoms with Gasteiger partial charge in [-0.05, 0) is 126 Å². The van der Waals surface area contributed by atoms with E-state index in [1.165, 1.54) is 0 Å². The highest BCUT2D eigenvalue weighted by molar-refractivity contribution is 6.15. The number of aromatic nitrogens is 9. The van der Waals surface area contributed by atoms with E-state index in [1.807, 2.05) is 123 Å². The highest BCUT2D eigenvalue weighted by Crippen LogP contribution is 2.58. The molecule has 390 valence electrons. The first kappa shape index (κ1) is 46.9. The minimum atomic E-state index is 0.695. The normalized spacial score (nSPS) is 12.5. The molecule has 13 nitrogen and oxygen atoms in total. The summed E-state index contributed by atoms with van der Waals surface area (Å²) in [5.41, 5.74) is 18.3. The number of aryl methyl sites for hydroxylation is 3. The summed E-state index contributed by atoms with van der Waals surface area (Å²) in [4.78, 5) is 36.2. The number of hydrogen-bond donors (Lipinski definition) is 0. The fourth-order valence-corrected chi connectivity index (χ4v) is 12.2. The fraction of sp³-hybridized carbons (Fsp3) is 0.0435. The Kier molecular flexibility index (Phi) is 10.6. The van der Waals surface area contributed by atoms with Gasteiger partial charge in [-0.3, -0.25) is 0 Å². The topological polar surface area (TPSA) is 117 Å². The van der Waals surface area contributed by atoms with Crippen LogP contribution in [-0.2, 0) is 21.1 Å². The quantitative estimate of drug-likeness (QED) is 0.146. The third kappa shape index (κ3) is 7.19. The van der Waals surface area contributed by atoms with E-state index in [4.69, 9.17) is 39.4 Å². The molecule has 8 aromatic carbocycles. The van der Waals surface area contributed by atoms with Crippen LogP contribution in [0.4, 0.5) is 34.1 Å². The van der Waals surface area contributed by atoms with E-state index in [1.54, 1.807) is 0 Å². The first-order valence-electron chi connectivity index (χ1n) is 27.1. The minimum Gasteiger partial charge on any atom is -0.453 e. The lowest BCUT2D eigenvalue weighted by Crippen LogP contribution is -2.15. The van der Waals surface area contributed by atoms with E-state index in [-0.39, 0.29) is 0 Å². The first-order chi connectivity index (χ1) is 40.4. The zero-order chi connectivity index (χ0) is 54.6. The molecule has 0 fully saturated rings. The molecule has 0 radical (unpaired) electrons. The zero-order valence-corrected chi connectivity index (χ0v) is 44.7. The molecular formula is C69H47N11O2. The molecule has 6 aromatic heterocycles. The van der Waals surface area contributed by atoms with E-state index in [0.29, 0.717) is 17.5 Å². The molecule has 14 aromatic rings. The molecule has 0 aliphatic carbocycles. The average Bonchev–Trinajstić information content (AvgIpc) is 2.87. The maximum absolute atomic E-state index is 6.50. The van der Waals surface area contributed by atoms with Gasteiger partial charge in [0, 0.05) is 84.5 Å². The van der Waals surface area contributed by atoms with Crippen LogP contribution in [0.5, 0.6) is 23.0 Å². The van der Waals surface area contributed by atoms with Crippen molar-refractivity contribution in [3.05, 3.63) is 231 Å². The molecule has 0 unspecified atom stereocenters. The molecule has 0 spiro atoms. The Morgan fingerprint density at radius 2 is 0.573 bits per heavy atom. The average molecular weight is 1060 g/mol. The van der Waals surface area contributed by atoms with Crippen molar-refractivity contribution in [2.24, 2.45) is 21.1 Å². The number of ether oxygens (including phenoxy) is 2. The van der Waals surface area contributed by atoms with Gasteiger partial charge < -0.3 is 33.0 Å². The Morgan fingerprint density at radius 1 is 0.280 bits per heavy atom. The number of hydrogen-bond acceptors (Lipinski definition) is 10. The van der Waals surface area contributed by atoms with Crippen molar-refractivity contribution in [3.8, 4) is 90.5 Å². The van der Waals surface area contributed by atoms with E-state index in [0.717, 1.165) is 141 Å². The van der Waals surface area contributed by atoms with Crippen LogP contribution in [0.15, 0.2) is 231 Å². The van der Waals surface area contributed by atoms with Crippen LogP contribution in [0.3, 0.4) is 0 Å². The van der Waals surface area contributed by atoms with Crippen molar-refractivity contribution in [1.82, 2.24) is 43.6 Å². The number of benzene rings is 8. The summed E-state index contributed by atoms with van der Waals surface area (Å²) < 4.78 is 19.3. The number of rotatable bonds is 8. The third-order valence-corrected chi connectivity index (χ3v) is 15.8. The molecule has 0 saturated carbocycles. The molecule has 13 heteroatoms. The summed E-state index contributed by atoms with van der Waals surface area (Å²) in [5, 5.41) is 0. The lowest BCUT2D eigenvalue weighted by atomic mass is 9.78. The molecule has 0 bridgehead atoms. The van der Waals surface area contributed by atoms with Crippen LogP contribution >= 0.6 is 0 Å². The second-order valence-corrected chi connectivity index (χ2v) is 20.5. The second-order valence-electron chi connectivity index (χ2n) is 20.5. The predicted molar refractivity (Wildman–Crippen MR) is 325 cm³/mol. The molecule has 0 amide bonds. The van der Waals surface area contributed by atoms with Crippen molar-refractivity contribution in [3.63, 3.8) is 0 Å². The number of pyridine rings is 3. The van der Waals surface area contributed by atoms with E-state index >= 15 is 0 Å². The van der Waals surface area contributed by atoms with Crippen molar-refractivity contribution >= 4 is 67.6 Å². The zero-order valence-electron chi connectivity index (χ0n) is 44.7. The van der Waals surface area contributed by atoms with Gasteiger partial charge in [0.05, 0.1) is 22.7 Å². The Labute approximate surface area is 470 Å². The van der Waals surface area contributed by atoms with Crippen molar-refractivity contribution in [2.45, 2.75) is 0 Å². The van der Waals surface area contributed by atoms with Crippen LogP contribution in [0.25, 0.3) is 101 Å². The van der Waals surface area contributed by atoms with Crippen LogP contribution in [0.1, 0.15) is 0 Å². The van der Waals surface area contributed by atoms with Crippen LogP contribution in [0.2, 0.25) is 0 Å². The van der Waals surface area contributed by atoms with E-state index in [9.17, 15) is 0 Å². The van der Waals surface area contributed by atoms with Gasteiger partial charge in [-0.1, -0.05) is 103 Å². The van der Waals surface area contributed by atoms with Gasteiger partial charge >= 0.3 is 0 Å². The molecule has 2 aliphatic heterocycles. The van der Waals surface area contributed by atoms with Gasteiger partial charge in [-0.25, -0.2) is 29.9 Å². The molecule has 2 aliphatic rings. The van der Waals surface area contributed by atoms with E-state index < -0.39 is 0 Å². The van der Waals surface area contributed by atoms with Gasteiger partial charge in [0.15, 0.2) is 39.9 Å². The number of nitrogens with zero attached hydrogens (tertiary/aromatic N) is 11.